The number of nitrogens with zero attached hydrogens (tertiary/aromatic N) is 4. The van der Waals surface area contributed by atoms with Gasteiger partial charge in [0, 0.05) is 29.5 Å². The van der Waals surface area contributed by atoms with Gasteiger partial charge in [0.05, 0.1) is 20.9 Å². The Morgan fingerprint density at radius 2 is 1.01 bits per heavy atom. The zero-order chi connectivity index (χ0) is 54.5. The standard InChI is InChI=1S/C27H41N3O3SSi.C19H22BrN3O3S.C8H19ClSi/c1-20-18-27(5,6)30(19-20)24-22(25(31)29-34(32,33)21-12-10-9-11-13-21)14-15-23(28-24)35(7,8)17-16-26(2,3)4;1-13-11-19(2,3)23(12-13)17-15(9-10-16(20)21-17)18(24)22-27(25,26)14-7-5-4-6-8-14;1-8(2,3)6-7-10(4,5)9/h9-15,20H,16-19H2,1-8H3,(H,29,31);4-10,13H,11-12H2,1-3H3,(H,22,24);6-7H2,1-5H3/t20-;13-;/m00./s1. The van der Waals surface area contributed by atoms with Crippen molar-refractivity contribution in [2.24, 2.45) is 22.7 Å². The highest BCUT2D eigenvalue weighted by Crippen LogP contribution is 2.39. The highest BCUT2D eigenvalue weighted by atomic mass is 79.9. The van der Waals surface area contributed by atoms with Crippen LogP contribution in [-0.2, 0) is 20.0 Å². The Morgan fingerprint density at radius 3 is 1.36 bits per heavy atom. The molecule has 2 fully saturated rings. The summed E-state index contributed by atoms with van der Waals surface area (Å²) in [5, 5.41) is 1.05. The maximum absolute atomic E-state index is 13.4. The first-order valence-electron chi connectivity index (χ1n) is 25.0. The molecular formula is C54H82BrClN6O6S2Si2. The minimum atomic E-state index is -3.99. The van der Waals surface area contributed by atoms with E-state index in [0.717, 1.165) is 43.7 Å². The van der Waals surface area contributed by atoms with E-state index in [0.29, 0.717) is 39.1 Å². The topological polar surface area (TPSA) is 159 Å². The molecule has 12 nitrogen and oxygen atoms in total. The number of hydrogen-bond donors (Lipinski definition) is 2. The van der Waals surface area contributed by atoms with E-state index >= 15 is 0 Å². The van der Waals surface area contributed by atoms with Gasteiger partial charge < -0.3 is 9.80 Å². The summed E-state index contributed by atoms with van der Waals surface area (Å²) < 4.78 is 55.8. The van der Waals surface area contributed by atoms with Gasteiger partial charge in [0.25, 0.3) is 31.9 Å². The Labute approximate surface area is 448 Å². The average molecular weight is 1150 g/mol. The first-order valence-corrected chi connectivity index (χ1v) is 36.2. The lowest BCUT2D eigenvalue weighted by Gasteiger charge is -2.35. The molecule has 4 aromatic rings. The predicted molar refractivity (Wildman–Crippen MR) is 307 cm³/mol. The molecule has 6 rings (SSSR count). The summed E-state index contributed by atoms with van der Waals surface area (Å²) in [7, 11) is -11.1. The predicted octanol–water partition coefficient (Wildman–Crippen LogP) is 12.6. The Balaban J connectivity index is 0.000000268. The van der Waals surface area contributed by atoms with Crippen molar-refractivity contribution < 1.29 is 26.4 Å². The van der Waals surface area contributed by atoms with Gasteiger partial charge in [-0.05, 0) is 140 Å². The second kappa shape index (κ2) is 23.5. The number of amides is 2. The first kappa shape index (κ1) is 60.9. The third-order valence-electron chi connectivity index (χ3n) is 13.1. The van der Waals surface area contributed by atoms with E-state index in [-0.39, 0.29) is 31.8 Å². The van der Waals surface area contributed by atoms with Gasteiger partial charge in [-0.2, -0.15) is 11.1 Å². The molecule has 0 unspecified atom stereocenters. The molecule has 0 aliphatic carbocycles. The van der Waals surface area contributed by atoms with Gasteiger partial charge in [-0.25, -0.2) is 36.2 Å². The van der Waals surface area contributed by atoms with E-state index in [4.69, 9.17) is 16.1 Å². The van der Waals surface area contributed by atoms with Crippen LogP contribution in [0.1, 0.15) is 129 Å². The van der Waals surface area contributed by atoms with Gasteiger partial charge in [0.15, 0.2) is 7.38 Å². The van der Waals surface area contributed by atoms with Gasteiger partial charge in [0.2, 0.25) is 0 Å². The lowest BCUT2D eigenvalue weighted by Crippen LogP contribution is -2.47. The average Bonchev–Trinajstić information content (AvgIpc) is 3.71. The maximum atomic E-state index is 13.4. The number of rotatable bonds is 13. The number of halogens is 2. The van der Waals surface area contributed by atoms with Crippen molar-refractivity contribution in [3.63, 3.8) is 0 Å². The molecular weight excluding hydrogens is 1060 g/mol. The summed E-state index contributed by atoms with van der Waals surface area (Å²) in [5.74, 6) is 0.639. The number of aromatic nitrogens is 2. The fourth-order valence-electron chi connectivity index (χ4n) is 9.09. The fraction of sp³-hybridized carbons (Fsp3) is 0.556. The smallest absolute Gasteiger partial charge is 0.268 e. The van der Waals surface area contributed by atoms with Crippen LogP contribution in [0.3, 0.4) is 0 Å². The number of sulfonamides is 2. The Hall–Kier alpha value is -3.62. The van der Waals surface area contributed by atoms with Crippen LogP contribution < -0.4 is 24.6 Å². The molecule has 0 spiro atoms. The van der Waals surface area contributed by atoms with Crippen LogP contribution in [0.5, 0.6) is 0 Å². The van der Waals surface area contributed by atoms with Gasteiger partial charge in [-0.15, -0.1) is 0 Å². The van der Waals surface area contributed by atoms with E-state index in [1.54, 1.807) is 54.6 Å². The van der Waals surface area contributed by atoms with Crippen molar-refractivity contribution in [1.29, 1.82) is 0 Å². The molecule has 0 saturated carbocycles. The molecule has 72 heavy (non-hydrogen) atoms. The molecule has 2 saturated heterocycles. The van der Waals surface area contributed by atoms with Gasteiger partial charge in [-0.1, -0.05) is 130 Å². The van der Waals surface area contributed by atoms with Gasteiger partial charge >= 0.3 is 0 Å². The van der Waals surface area contributed by atoms with Crippen molar-refractivity contribution in [2.75, 3.05) is 22.9 Å². The fourth-order valence-corrected chi connectivity index (χ4v) is 15.6. The van der Waals surface area contributed by atoms with Crippen molar-refractivity contribution in [3.05, 3.63) is 101 Å². The van der Waals surface area contributed by atoms with Crippen molar-refractivity contribution in [3.8, 4) is 0 Å². The number of carbonyl (C=O) groups excluding carboxylic acids is 2. The number of nitrogens with one attached hydrogen (secondary N) is 2. The normalized spacial score (nSPS) is 18.1. The third kappa shape index (κ3) is 17.8. The molecule has 2 aliphatic rings. The molecule has 2 aliphatic heterocycles. The van der Waals surface area contributed by atoms with E-state index in [1.165, 1.54) is 36.7 Å². The van der Waals surface area contributed by atoms with Crippen LogP contribution in [0.2, 0.25) is 38.3 Å². The molecule has 4 heterocycles. The zero-order valence-corrected chi connectivity index (χ0v) is 51.7. The minimum absolute atomic E-state index is 0.0418. The monoisotopic (exact) mass is 1140 g/mol. The van der Waals surface area contributed by atoms with E-state index in [2.05, 4.69) is 149 Å². The Bertz CT molecular complexity index is 2710. The summed E-state index contributed by atoms with van der Waals surface area (Å²) in [4.78, 5) is 40.2. The number of pyridine rings is 2. The second-order valence-electron chi connectivity index (χ2n) is 24.8. The third-order valence-corrected chi connectivity index (χ3v) is 21.4. The second-order valence-corrected chi connectivity index (χ2v) is 40.7. The summed E-state index contributed by atoms with van der Waals surface area (Å²) >= 11 is 9.53. The summed E-state index contributed by atoms with van der Waals surface area (Å²) in [6.45, 7) is 37.0. The summed E-state index contributed by atoms with van der Waals surface area (Å²) in [5.41, 5.74) is 0.872. The highest BCUT2D eigenvalue weighted by molar-refractivity contribution is 9.10. The number of carbonyl (C=O) groups is 2. The summed E-state index contributed by atoms with van der Waals surface area (Å²) in [6.07, 6.45) is 4.31. The SMILES string of the molecule is CC(C)(C)CC[Si](C)(C)Cl.C[C@@H]1CN(c2nc(Br)ccc2C(=O)NS(=O)(=O)c2ccccc2)C(C)(C)C1.C[C@@H]1CN(c2nc([Si](C)(C)CCC(C)(C)C)ccc2C(=O)NS(=O)(=O)c2ccccc2)C(C)(C)C1. The van der Waals surface area contributed by atoms with Crippen LogP contribution in [0.15, 0.2) is 99.3 Å². The highest BCUT2D eigenvalue weighted by Gasteiger charge is 2.41. The van der Waals surface area contributed by atoms with Crippen LogP contribution in [0.4, 0.5) is 11.6 Å². The van der Waals surface area contributed by atoms with Gasteiger partial charge in [-0.3, -0.25) is 9.59 Å². The largest absolute Gasteiger partial charge is 0.351 e. The van der Waals surface area contributed by atoms with Crippen LogP contribution in [0.25, 0.3) is 0 Å². The zero-order valence-electron chi connectivity index (χ0n) is 45.7. The lowest BCUT2D eigenvalue weighted by molar-refractivity contribution is 0.0972. The quantitative estimate of drug-likeness (QED) is 0.0750. The van der Waals surface area contributed by atoms with E-state index in [9.17, 15) is 26.4 Å². The molecule has 398 valence electrons. The first-order chi connectivity index (χ1) is 32.8. The molecule has 2 aromatic heterocycles. The number of hydrogen-bond acceptors (Lipinski definition) is 10. The van der Waals surface area contributed by atoms with E-state index < -0.39 is 47.3 Å². The van der Waals surface area contributed by atoms with E-state index in [1.807, 2.05) is 6.07 Å². The molecule has 0 bridgehead atoms. The summed E-state index contributed by atoms with van der Waals surface area (Å²) in [6, 6.07) is 25.1. The lowest BCUT2D eigenvalue weighted by atomic mass is 9.94. The number of anilines is 2. The molecule has 2 amide bonds. The molecule has 0 radical (unpaired) electrons. The Morgan fingerprint density at radius 1 is 0.639 bits per heavy atom. The minimum Gasteiger partial charge on any atom is -0.351 e. The molecule has 2 N–H and O–H groups in total. The molecule has 2 aromatic carbocycles. The van der Waals surface area contributed by atoms with Crippen molar-refractivity contribution in [2.45, 2.75) is 168 Å². The van der Waals surface area contributed by atoms with Gasteiger partial charge in [0.1, 0.15) is 24.3 Å². The Kier molecular flexibility index (Phi) is 19.9. The van der Waals surface area contributed by atoms with Crippen LogP contribution in [0, 0.1) is 22.7 Å². The van der Waals surface area contributed by atoms with Crippen molar-refractivity contribution >= 4 is 91.3 Å². The van der Waals surface area contributed by atoms with Crippen LogP contribution >= 0.6 is 27.0 Å². The number of benzene rings is 2. The molecule has 2 atom stereocenters. The maximum Gasteiger partial charge on any atom is 0.268 e. The van der Waals surface area contributed by atoms with Crippen LogP contribution in [-0.4, -0.2) is 78.2 Å². The molecule has 18 heteroatoms. The van der Waals surface area contributed by atoms with Crippen molar-refractivity contribution in [1.82, 2.24) is 19.4 Å².